The SMILES string of the molecule is CN(C)CCCN(C)C(=O)C1NCCc2ccccc21. The number of likely N-dealkylation sites (N-methyl/N-ethyl adjacent to an activating group) is 1. The summed E-state index contributed by atoms with van der Waals surface area (Å²) < 4.78 is 0. The molecule has 1 unspecified atom stereocenters. The summed E-state index contributed by atoms with van der Waals surface area (Å²) >= 11 is 0. The van der Waals surface area contributed by atoms with Crippen LogP contribution in [0.2, 0.25) is 0 Å². The molecule has 0 bridgehead atoms. The molecule has 0 fully saturated rings. The van der Waals surface area contributed by atoms with Gasteiger partial charge >= 0.3 is 0 Å². The minimum Gasteiger partial charge on any atom is -0.344 e. The number of nitrogens with zero attached hydrogens (tertiary/aromatic N) is 2. The van der Waals surface area contributed by atoms with Crippen LogP contribution in [0.4, 0.5) is 0 Å². The summed E-state index contributed by atoms with van der Waals surface area (Å²) in [5.41, 5.74) is 2.44. The van der Waals surface area contributed by atoms with Crippen molar-refractivity contribution >= 4 is 5.91 Å². The number of nitrogens with one attached hydrogen (secondary N) is 1. The molecule has 1 amide bonds. The van der Waals surface area contributed by atoms with Crippen molar-refractivity contribution < 1.29 is 4.79 Å². The van der Waals surface area contributed by atoms with Crippen LogP contribution in [-0.4, -0.2) is 56.5 Å². The molecule has 0 aliphatic carbocycles. The van der Waals surface area contributed by atoms with Gasteiger partial charge in [0.15, 0.2) is 0 Å². The summed E-state index contributed by atoms with van der Waals surface area (Å²) in [5.74, 6) is 0.177. The number of benzene rings is 1. The quantitative estimate of drug-likeness (QED) is 0.879. The summed E-state index contributed by atoms with van der Waals surface area (Å²) in [4.78, 5) is 16.6. The van der Waals surface area contributed by atoms with Crippen molar-refractivity contribution in [3.8, 4) is 0 Å². The van der Waals surface area contributed by atoms with Crippen molar-refractivity contribution in [2.45, 2.75) is 18.9 Å². The van der Waals surface area contributed by atoms with Crippen LogP contribution in [0.25, 0.3) is 0 Å². The Morgan fingerprint density at radius 2 is 2.00 bits per heavy atom. The van der Waals surface area contributed by atoms with Gasteiger partial charge in [0.05, 0.1) is 0 Å². The highest BCUT2D eigenvalue weighted by atomic mass is 16.2. The maximum atomic E-state index is 12.6. The molecule has 1 atom stereocenters. The highest BCUT2D eigenvalue weighted by molar-refractivity contribution is 5.83. The molecule has 1 aliphatic rings. The van der Waals surface area contributed by atoms with Crippen molar-refractivity contribution in [1.82, 2.24) is 15.1 Å². The standard InChI is InChI=1S/C16H25N3O/c1-18(2)11-6-12-19(3)16(20)15-14-8-5-4-7-13(14)9-10-17-15/h4-5,7-8,15,17H,6,9-12H2,1-3H3. The molecule has 1 aromatic carbocycles. The largest absolute Gasteiger partial charge is 0.344 e. The van der Waals surface area contributed by atoms with Crippen molar-refractivity contribution in [2.24, 2.45) is 0 Å². The maximum Gasteiger partial charge on any atom is 0.244 e. The number of fused-ring (bicyclic) bond motifs is 1. The van der Waals surface area contributed by atoms with Crippen molar-refractivity contribution in [3.63, 3.8) is 0 Å². The molecule has 0 saturated heterocycles. The first-order valence-corrected chi connectivity index (χ1v) is 7.30. The molecule has 1 aromatic rings. The highest BCUT2D eigenvalue weighted by Gasteiger charge is 2.27. The van der Waals surface area contributed by atoms with E-state index in [0.717, 1.165) is 38.0 Å². The van der Waals surface area contributed by atoms with E-state index >= 15 is 0 Å². The van der Waals surface area contributed by atoms with E-state index < -0.39 is 0 Å². The number of hydrogen-bond acceptors (Lipinski definition) is 3. The Morgan fingerprint density at radius 3 is 2.75 bits per heavy atom. The predicted octanol–water partition coefficient (Wildman–Crippen LogP) is 1.28. The van der Waals surface area contributed by atoms with E-state index in [1.807, 2.05) is 24.1 Å². The fourth-order valence-corrected chi connectivity index (χ4v) is 2.68. The van der Waals surface area contributed by atoms with Crippen LogP contribution in [0.3, 0.4) is 0 Å². The summed E-state index contributed by atoms with van der Waals surface area (Å²) in [7, 11) is 6.01. The van der Waals surface area contributed by atoms with E-state index in [-0.39, 0.29) is 11.9 Å². The molecule has 4 nitrogen and oxygen atoms in total. The summed E-state index contributed by atoms with van der Waals surface area (Å²) in [6.45, 7) is 2.68. The molecule has 0 radical (unpaired) electrons. The Hall–Kier alpha value is -1.39. The van der Waals surface area contributed by atoms with E-state index in [1.54, 1.807) is 0 Å². The molecule has 20 heavy (non-hydrogen) atoms. The van der Waals surface area contributed by atoms with Crippen LogP contribution in [0, 0.1) is 0 Å². The molecule has 2 rings (SSSR count). The molecule has 4 heteroatoms. The zero-order chi connectivity index (χ0) is 14.5. The van der Waals surface area contributed by atoms with E-state index in [1.165, 1.54) is 5.56 Å². The molecular weight excluding hydrogens is 250 g/mol. The zero-order valence-electron chi connectivity index (χ0n) is 12.7. The van der Waals surface area contributed by atoms with Gasteiger partial charge in [0.1, 0.15) is 6.04 Å². The lowest BCUT2D eigenvalue weighted by Gasteiger charge is -2.29. The van der Waals surface area contributed by atoms with Gasteiger partial charge in [-0.2, -0.15) is 0 Å². The highest BCUT2D eigenvalue weighted by Crippen LogP contribution is 2.24. The minimum atomic E-state index is -0.177. The fourth-order valence-electron chi connectivity index (χ4n) is 2.68. The maximum absolute atomic E-state index is 12.6. The van der Waals surface area contributed by atoms with Crippen LogP contribution in [0.5, 0.6) is 0 Å². The van der Waals surface area contributed by atoms with Gasteiger partial charge in [-0.05, 0) is 44.6 Å². The third-order valence-electron chi connectivity index (χ3n) is 3.83. The Balaban J connectivity index is 1.99. The van der Waals surface area contributed by atoms with Crippen molar-refractivity contribution in [3.05, 3.63) is 35.4 Å². The Kier molecular flexibility index (Phi) is 5.15. The van der Waals surface area contributed by atoms with Crippen molar-refractivity contribution in [1.29, 1.82) is 0 Å². The Bertz CT molecular complexity index is 459. The van der Waals surface area contributed by atoms with Gasteiger partial charge in [0.25, 0.3) is 0 Å². The topological polar surface area (TPSA) is 35.6 Å². The van der Waals surface area contributed by atoms with Gasteiger partial charge in [-0.15, -0.1) is 0 Å². The lowest BCUT2D eigenvalue weighted by Crippen LogP contribution is -2.42. The van der Waals surface area contributed by atoms with Crippen LogP contribution in [0.1, 0.15) is 23.6 Å². The van der Waals surface area contributed by atoms with Crippen LogP contribution < -0.4 is 5.32 Å². The van der Waals surface area contributed by atoms with E-state index in [9.17, 15) is 4.79 Å². The van der Waals surface area contributed by atoms with E-state index in [4.69, 9.17) is 0 Å². The van der Waals surface area contributed by atoms with Gasteiger partial charge in [-0.25, -0.2) is 0 Å². The van der Waals surface area contributed by atoms with Gasteiger partial charge in [-0.1, -0.05) is 24.3 Å². The van der Waals surface area contributed by atoms with Crippen LogP contribution >= 0.6 is 0 Å². The van der Waals surface area contributed by atoms with Gasteiger partial charge in [0, 0.05) is 20.1 Å². The molecule has 1 N–H and O–H groups in total. The molecule has 1 aliphatic heterocycles. The van der Waals surface area contributed by atoms with Gasteiger partial charge < -0.3 is 15.1 Å². The Morgan fingerprint density at radius 1 is 1.25 bits per heavy atom. The summed E-state index contributed by atoms with van der Waals surface area (Å²) in [6, 6.07) is 8.08. The number of carbonyl (C=O) groups is 1. The number of amides is 1. The van der Waals surface area contributed by atoms with Gasteiger partial charge in [-0.3, -0.25) is 4.79 Å². The first-order chi connectivity index (χ1) is 9.59. The van der Waals surface area contributed by atoms with E-state index in [0.29, 0.717) is 0 Å². The summed E-state index contributed by atoms with van der Waals surface area (Å²) in [6.07, 6.45) is 2.01. The average Bonchev–Trinajstić information content (AvgIpc) is 2.45. The second-order valence-corrected chi connectivity index (χ2v) is 5.75. The zero-order valence-corrected chi connectivity index (χ0v) is 12.7. The average molecular weight is 275 g/mol. The summed E-state index contributed by atoms with van der Waals surface area (Å²) in [5, 5.41) is 3.35. The molecule has 0 aromatic heterocycles. The number of carbonyl (C=O) groups excluding carboxylic acids is 1. The van der Waals surface area contributed by atoms with Crippen LogP contribution in [0.15, 0.2) is 24.3 Å². The molecule has 1 heterocycles. The minimum absolute atomic E-state index is 0.177. The number of rotatable bonds is 5. The molecular formula is C16H25N3O. The first-order valence-electron chi connectivity index (χ1n) is 7.30. The fraction of sp³-hybridized carbons (Fsp3) is 0.562. The lowest BCUT2D eigenvalue weighted by molar-refractivity contribution is -0.132. The third kappa shape index (κ3) is 3.58. The molecule has 0 saturated carbocycles. The first kappa shape index (κ1) is 15.0. The van der Waals surface area contributed by atoms with E-state index in [2.05, 4.69) is 36.4 Å². The monoisotopic (exact) mass is 275 g/mol. The predicted molar refractivity (Wildman–Crippen MR) is 81.7 cm³/mol. The van der Waals surface area contributed by atoms with Gasteiger partial charge in [0.2, 0.25) is 5.91 Å². The van der Waals surface area contributed by atoms with Crippen LogP contribution in [-0.2, 0) is 11.2 Å². The molecule has 110 valence electrons. The smallest absolute Gasteiger partial charge is 0.244 e. The normalized spacial score (nSPS) is 17.9. The second kappa shape index (κ2) is 6.86. The second-order valence-electron chi connectivity index (χ2n) is 5.75. The lowest BCUT2D eigenvalue weighted by atomic mass is 9.93. The number of hydrogen-bond donors (Lipinski definition) is 1. The third-order valence-corrected chi connectivity index (χ3v) is 3.83. The van der Waals surface area contributed by atoms with Crippen molar-refractivity contribution in [2.75, 3.05) is 40.8 Å². The Labute approximate surface area is 121 Å². The molecule has 0 spiro atoms.